The maximum atomic E-state index is 12.0. The SMILES string of the molecule is CC(=NNC(=O)CCC(=O)Nc1ccc(C)cc1C)c1ccc(N)cc1. The van der Waals surface area contributed by atoms with Crippen LogP contribution in [-0.2, 0) is 9.59 Å². The Morgan fingerprint density at radius 2 is 1.65 bits per heavy atom. The van der Waals surface area contributed by atoms with Gasteiger partial charge in [-0.1, -0.05) is 29.8 Å². The van der Waals surface area contributed by atoms with Gasteiger partial charge in [0, 0.05) is 24.2 Å². The van der Waals surface area contributed by atoms with E-state index < -0.39 is 0 Å². The largest absolute Gasteiger partial charge is 0.399 e. The van der Waals surface area contributed by atoms with Gasteiger partial charge in [-0.15, -0.1) is 0 Å². The molecule has 0 atom stereocenters. The van der Waals surface area contributed by atoms with Gasteiger partial charge in [0.2, 0.25) is 11.8 Å². The summed E-state index contributed by atoms with van der Waals surface area (Å²) in [5, 5.41) is 6.88. The van der Waals surface area contributed by atoms with Crippen LogP contribution in [0.5, 0.6) is 0 Å². The summed E-state index contributed by atoms with van der Waals surface area (Å²) in [6, 6.07) is 13.0. The molecule has 0 aliphatic heterocycles. The number of carbonyl (C=O) groups excluding carboxylic acids is 2. The number of nitrogens with two attached hydrogens (primary N) is 1. The average Bonchev–Trinajstić information content (AvgIpc) is 2.61. The van der Waals surface area contributed by atoms with Crippen LogP contribution in [0.4, 0.5) is 11.4 Å². The lowest BCUT2D eigenvalue weighted by molar-refractivity contribution is -0.124. The summed E-state index contributed by atoms with van der Waals surface area (Å²) < 4.78 is 0. The van der Waals surface area contributed by atoms with Gasteiger partial charge in [-0.25, -0.2) is 5.43 Å². The van der Waals surface area contributed by atoms with Crippen molar-refractivity contribution in [2.75, 3.05) is 11.1 Å². The molecular weight excluding hydrogens is 328 g/mol. The molecule has 0 heterocycles. The number of nitrogens with one attached hydrogen (secondary N) is 2. The van der Waals surface area contributed by atoms with Crippen molar-refractivity contribution in [2.24, 2.45) is 5.10 Å². The van der Waals surface area contributed by atoms with Gasteiger partial charge in [0.25, 0.3) is 0 Å². The van der Waals surface area contributed by atoms with Crippen LogP contribution < -0.4 is 16.5 Å². The molecule has 26 heavy (non-hydrogen) atoms. The van der Waals surface area contributed by atoms with Crippen molar-refractivity contribution in [3.8, 4) is 0 Å². The first kappa shape index (κ1) is 19.2. The first-order valence-corrected chi connectivity index (χ1v) is 8.41. The molecule has 2 amide bonds. The summed E-state index contributed by atoms with van der Waals surface area (Å²) in [6.07, 6.45) is 0.158. The normalized spacial score (nSPS) is 11.1. The number of hydrazone groups is 1. The zero-order valence-corrected chi connectivity index (χ0v) is 15.3. The van der Waals surface area contributed by atoms with Crippen LogP contribution in [0.25, 0.3) is 0 Å². The number of nitrogen functional groups attached to an aromatic ring is 1. The van der Waals surface area contributed by atoms with Crippen LogP contribution in [0.3, 0.4) is 0 Å². The third-order valence-corrected chi connectivity index (χ3v) is 3.91. The van der Waals surface area contributed by atoms with E-state index in [0.717, 1.165) is 22.4 Å². The fraction of sp³-hybridized carbons (Fsp3) is 0.250. The van der Waals surface area contributed by atoms with Gasteiger partial charge >= 0.3 is 0 Å². The van der Waals surface area contributed by atoms with Crippen molar-refractivity contribution >= 4 is 28.9 Å². The predicted molar refractivity (Wildman–Crippen MR) is 105 cm³/mol. The molecule has 0 aromatic heterocycles. The van der Waals surface area contributed by atoms with E-state index in [1.165, 1.54) is 0 Å². The highest BCUT2D eigenvalue weighted by Gasteiger charge is 2.08. The maximum Gasteiger partial charge on any atom is 0.240 e. The molecule has 2 aromatic rings. The molecule has 0 bridgehead atoms. The molecule has 2 rings (SSSR count). The number of carbonyl (C=O) groups is 2. The Bertz CT molecular complexity index is 826. The standard InChI is InChI=1S/C20H24N4O2/c1-13-4-9-18(14(2)12-13)22-19(25)10-11-20(26)24-23-15(3)16-5-7-17(21)8-6-16/h4-9,12H,10-11,21H2,1-3H3,(H,22,25)(H,24,26). The zero-order valence-electron chi connectivity index (χ0n) is 15.3. The molecule has 0 saturated carbocycles. The van der Waals surface area contributed by atoms with Crippen LogP contribution in [-0.4, -0.2) is 17.5 Å². The molecule has 0 unspecified atom stereocenters. The number of nitrogens with zero attached hydrogens (tertiary/aromatic N) is 1. The van der Waals surface area contributed by atoms with Crippen LogP contribution in [0.1, 0.15) is 36.5 Å². The Hall–Kier alpha value is -3.15. The van der Waals surface area contributed by atoms with E-state index in [0.29, 0.717) is 11.4 Å². The molecule has 6 nitrogen and oxygen atoms in total. The first-order valence-electron chi connectivity index (χ1n) is 8.41. The van der Waals surface area contributed by atoms with Gasteiger partial charge in [-0.2, -0.15) is 5.10 Å². The quantitative estimate of drug-likeness (QED) is 0.423. The van der Waals surface area contributed by atoms with Crippen molar-refractivity contribution < 1.29 is 9.59 Å². The number of benzene rings is 2. The van der Waals surface area contributed by atoms with Gasteiger partial charge in [-0.05, 0) is 50.1 Å². The fourth-order valence-electron chi connectivity index (χ4n) is 2.38. The molecule has 6 heteroatoms. The van der Waals surface area contributed by atoms with Crippen LogP contribution in [0.15, 0.2) is 47.6 Å². The van der Waals surface area contributed by atoms with E-state index in [9.17, 15) is 9.59 Å². The Morgan fingerprint density at radius 3 is 2.31 bits per heavy atom. The van der Waals surface area contributed by atoms with E-state index in [-0.39, 0.29) is 24.7 Å². The monoisotopic (exact) mass is 352 g/mol. The van der Waals surface area contributed by atoms with Gasteiger partial charge in [0.1, 0.15) is 0 Å². The Morgan fingerprint density at radius 1 is 1.00 bits per heavy atom. The van der Waals surface area contributed by atoms with E-state index in [1.54, 1.807) is 19.1 Å². The van der Waals surface area contributed by atoms with Crippen molar-refractivity contribution in [1.82, 2.24) is 5.43 Å². The topological polar surface area (TPSA) is 96.6 Å². The molecule has 0 aliphatic carbocycles. The van der Waals surface area contributed by atoms with Crippen molar-refractivity contribution in [3.05, 3.63) is 59.2 Å². The Kier molecular flexibility index (Phi) is 6.49. The lowest BCUT2D eigenvalue weighted by Crippen LogP contribution is -2.22. The van der Waals surface area contributed by atoms with Crippen LogP contribution >= 0.6 is 0 Å². The minimum absolute atomic E-state index is 0.0647. The maximum absolute atomic E-state index is 12.0. The molecule has 0 spiro atoms. The highest BCUT2D eigenvalue weighted by Crippen LogP contribution is 2.16. The molecule has 136 valence electrons. The summed E-state index contributed by atoms with van der Waals surface area (Å²) in [5.41, 5.74) is 13.2. The second-order valence-corrected chi connectivity index (χ2v) is 6.22. The van der Waals surface area contributed by atoms with Gasteiger partial charge < -0.3 is 11.1 Å². The minimum Gasteiger partial charge on any atom is -0.399 e. The highest BCUT2D eigenvalue weighted by atomic mass is 16.2. The number of aryl methyl sites for hydroxylation is 2. The third kappa shape index (κ3) is 5.73. The van der Waals surface area contributed by atoms with Gasteiger partial charge in [0.05, 0.1) is 5.71 Å². The fourth-order valence-corrected chi connectivity index (χ4v) is 2.38. The molecule has 0 saturated heterocycles. The van der Waals surface area contributed by atoms with Crippen molar-refractivity contribution in [1.29, 1.82) is 0 Å². The Balaban J connectivity index is 1.81. The number of rotatable bonds is 6. The zero-order chi connectivity index (χ0) is 19.1. The Labute approximate surface area is 153 Å². The molecule has 0 radical (unpaired) electrons. The van der Waals surface area contributed by atoms with Crippen molar-refractivity contribution in [3.63, 3.8) is 0 Å². The molecule has 0 fully saturated rings. The van der Waals surface area contributed by atoms with E-state index in [1.807, 2.05) is 44.2 Å². The van der Waals surface area contributed by atoms with E-state index >= 15 is 0 Å². The second-order valence-electron chi connectivity index (χ2n) is 6.22. The summed E-state index contributed by atoms with van der Waals surface area (Å²) in [4.78, 5) is 23.9. The predicted octanol–water partition coefficient (Wildman–Crippen LogP) is 3.14. The highest BCUT2D eigenvalue weighted by molar-refractivity contribution is 5.99. The summed E-state index contributed by atoms with van der Waals surface area (Å²) in [7, 11) is 0. The molecule has 4 N–H and O–H groups in total. The summed E-state index contributed by atoms with van der Waals surface area (Å²) in [6.45, 7) is 5.72. The first-order chi connectivity index (χ1) is 12.3. The van der Waals surface area contributed by atoms with E-state index in [4.69, 9.17) is 5.73 Å². The number of hydrogen-bond donors (Lipinski definition) is 3. The molecule has 2 aromatic carbocycles. The number of anilines is 2. The third-order valence-electron chi connectivity index (χ3n) is 3.91. The molecule has 0 aliphatic rings. The van der Waals surface area contributed by atoms with Gasteiger partial charge in [0.15, 0.2) is 0 Å². The summed E-state index contributed by atoms with van der Waals surface area (Å²) in [5.74, 6) is -0.512. The lowest BCUT2D eigenvalue weighted by Gasteiger charge is -2.09. The van der Waals surface area contributed by atoms with Crippen LogP contribution in [0.2, 0.25) is 0 Å². The number of amides is 2. The smallest absolute Gasteiger partial charge is 0.240 e. The minimum atomic E-state index is -0.310. The van der Waals surface area contributed by atoms with Crippen LogP contribution in [0, 0.1) is 13.8 Å². The lowest BCUT2D eigenvalue weighted by atomic mass is 10.1. The van der Waals surface area contributed by atoms with Crippen molar-refractivity contribution in [2.45, 2.75) is 33.6 Å². The van der Waals surface area contributed by atoms with Gasteiger partial charge in [-0.3, -0.25) is 9.59 Å². The average molecular weight is 352 g/mol. The molecular formula is C20H24N4O2. The number of hydrogen-bond acceptors (Lipinski definition) is 4. The second kappa shape index (κ2) is 8.80. The van der Waals surface area contributed by atoms with E-state index in [2.05, 4.69) is 15.8 Å². The summed E-state index contributed by atoms with van der Waals surface area (Å²) >= 11 is 0.